The summed E-state index contributed by atoms with van der Waals surface area (Å²) in [4.78, 5) is 15.2. The van der Waals surface area contributed by atoms with Crippen LogP contribution in [0.5, 0.6) is 5.75 Å². The third-order valence-corrected chi connectivity index (χ3v) is 2.63. The lowest BCUT2D eigenvalue weighted by Crippen LogP contribution is -2.01. The average Bonchev–Trinajstić information content (AvgIpc) is 2.39. The number of aromatic carboxylic acids is 1. The molecule has 0 spiro atoms. The average molecular weight is 243 g/mol. The number of ether oxygens (including phenoxy) is 1. The third kappa shape index (κ3) is 2.66. The summed E-state index contributed by atoms with van der Waals surface area (Å²) in [7, 11) is 1.57. The second-order valence-corrected chi connectivity index (χ2v) is 3.83. The van der Waals surface area contributed by atoms with Gasteiger partial charge in [0.25, 0.3) is 0 Å². The summed E-state index contributed by atoms with van der Waals surface area (Å²) in [6.45, 7) is 0. The fourth-order valence-corrected chi connectivity index (χ4v) is 1.75. The molecule has 4 nitrogen and oxygen atoms in total. The highest BCUT2D eigenvalue weighted by Gasteiger charge is 2.09. The van der Waals surface area contributed by atoms with E-state index in [-0.39, 0.29) is 5.56 Å². The molecule has 0 aliphatic carbocycles. The van der Waals surface area contributed by atoms with Gasteiger partial charge in [-0.25, -0.2) is 4.79 Å². The molecule has 0 saturated heterocycles. The number of hydrogen-bond acceptors (Lipinski definition) is 3. The predicted octanol–water partition coefficient (Wildman–Crippen LogP) is 2.38. The maximum absolute atomic E-state index is 10.9. The second-order valence-electron chi connectivity index (χ2n) is 3.83. The second kappa shape index (κ2) is 5.31. The van der Waals surface area contributed by atoms with E-state index in [9.17, 15) is 4.79 Å². The Labute approximate surface area is 105 Å². The minimum absolute atomic E-state index is 0.252. The van der Waals surface area contributed by atoms with E-state index >= 15 is 0 Å². The van der Waals surface area contributed by atoms with Gasteiger partial charge in [-0.05, 0) is 30.3 Å². The number of rotatable bonds is 4. The summed E-state index contributed by atoms with van der Waals surface area (Å²) in [6, 6.07) is 10.5. The molecule has 0 unspecified atom stereocenters. The Hall–Kier alpha value is -2.36. The molecule has 92 valence electrons. The molecular weight excluding hydrogens is 230 g/mol. The van der Waals surface area contributed by atoms with Gasteiger partial charge < -0.3 is 9.84 Å². The fraction of sp³-hybridized carbons (Fsp3) is 0.143. The van der Waals surface area contributed by atoms with Crippen molar-refractivity contribution in [2.75, 3.05) is 7.11 Å². The largest absolute Gasteiger partial charge is 0.496 e. The van der Waals surface area contributed by atoms with Gasteiger partial charge in [0.2, 0.25) is 0 Å². The number of hydrogen-bond donors (Lipinski definition) is 1. The normalized spacial score (nSPS) is 10.1. The highest BCUT2D eigenvalue weighted by atomic mass is 16.5. The third-order valence-electron chi connectivity index (χ3n) is 2.63. The molecular formula is C14H13NO3. The van der Waals surface area contributed by atoms with Crippen LogP contribution in [-0.2, 0) is 6.42 Å². The fourth-order valence-electron chi connectivity index (χ4n) is 1.75. The van der Waals surface area contributed by atoms with Crippen molar-refractivity contribution in [2.45, 2.75) is 6.42 Å². The van der Waals surface area contributed by atoms with Gasteiger partial charge in [0, 0.05) is 23.9 Å². The Morgan fingerprint density at radius 1 is 1.33 bits per heavy atom. The molecule has 0 fully saturated rings. The molecule has 0 atom stereocenters. The molecule has 0 aliphatic rings. The van der Waals surface area contributed by atoms with Gasteiger partial charge in [0.15, 0.2) is 0 Å². The molecule has 1 heterocycles. The minimum Gasteiger partial charge on any atom is -0.496 e. The van der Waals surface area contributed by atoms with Crippen LogP contribution in [0.15, 0.2) is 42.6 Å². The van der Waals surface area contributed by atoms with E-state index in [2.05, 4.69) is 4.98 Å². The smallest absolute Gasteiger partial charge is 0.335 e. The Bertz CT molecular complexity index is 552. The lowest BCUT2D eigenvalue weighted by Gasteiger charge is -2.09. The first-order valence-electron chi connectivity index (χ1n) is 5.51. The maximum Gasteiger partial charge on any atom is 0.335 e. The van der Waals surface area contributed by atoms with Crippen LogP contribution < -0.4 is 4.74 Å². The van der Waals surface area contributed by atoms with Crippen molar-refractivity contribution in [2.24, 2.45) is 0 Å². The number of carbonyl (C=O) groups is 1. The van der Waals surface area contributed by atoms with Crippen LogP contribution in [0.25, 0.3) is 0 Å². The number of aromatic nitrogens is 1. The van der Waals surface area contributed by atoms with Crippen molar-refractivity contribution in [1.82, 2.24) is 4.98 Å². The lowest BCUT2D eigenvalue weighted by molar-refractivity contribution is 0.0696. The van der Waals surface area contributed by atoms with Crippen LogP contribution in [0.3, 0.4) is 0 Å². The lowest BCUT2D eigenvalue weighted by atomic mass is 10.0. The summed E-state index contributed by atoms with van der Waals surface area (Å²) in [6.07, 6.45) is 2.26. The number of nitrogens with zero attached hydrogens (tertiary/aromatic N) is 1. The molecule has 2 aromatic rings. The number of methoxy groups -OCH3 is 1. The monoisotopic (exact) mass is 243 g/mol. The molecule has 0 saturated carbocycles. The maximum atomic E-state index is 10.9. The first-order chi connectivity index (χ1) is 8.70. The molecule has 1 aromatic heterocycles. The van der Waals surface area contributed by atoms with Gasteiger partial charge in [-0.15, -0.1) is 0 Å². The molecule has 0 aliphatic heterocycles. The Morgan fingerprint density at radius 2 is 2.17 bits per heavy atom. The van der Waals surface area contributed by atoms with Gasteiger partial charge in [0.05, 0.1) is 12.7 Å². The molecule has 1 N–H and O–H groups in total. The summed E-state index contributed by atoms with van der Waals surface area (Å²) < 4.78 is 5.23. The number of carboxylic acid groups (broad SMARTS) is 1. The highest BCUT2D eigenvalue weighted by Crippen LogP contribution is 2.22. The number of benzene rings is 1. The Balaban J connectivity index is 2.35. The quantitative estimate of drug-likeness (QED) is 0.895. The van der Waals surface area contributed by atoms with Crippen molar-refractivity contribution in [3.05, 3.63) is 59.4 Å². The first kappa shape index (κ1) is 12.1. The zero-order chi connectivity index (χ0) is 13.0. The zero-order valence-corrected chi connectivity index (χ0v) is 9.96. The van der Waals surface area contributed by atoms with Crippen LogP contribution in [0.4, 0.5) is 0 Å². The van der Waals surface area contributed by atoms with Gasteiger partial charge in [-0.3, -0.25) is 4.98 Å². The van der Waals surface area contributed by atoms with Crippen LogP contribution in [-0.4, -0.2) is 23.2 Å². The van der Waals surface area contributed by atoms with E-state index in [0.29, 0.717) is 12.2 Å². The highest BCUT2D eigenvalue weighted by molar-refractivity contribution is 5.88. The van der Waals surface area contributed by atoms with Crippen molar-refractivity contribution in [1.29, 1.82) is 0 Å². The predicted molar refractivity (Wildman–Crippen MR) is 67.0 cm³/mol. The summed E-state index contributed by atoms with van der Waals surface area (Å²) in [5.74, 6) is -0.273. The van der Waals surface area contributed by atoms with Gasteiger partial charge in [-0.1, -0.05) is 6.07 Å². The van der Waals surface area contributed by atoms with Gasteiger partial charge in [0.1, 0.15) is 5.75 Å². The van der Waals surface area contributed by atoms with E-state index in [1.54, 1.807) is 25.4 Å². The van der Waals surface area contributed by atoms with Crippen LogP contribution >= 0.6 is 0 Å². The minimum atomic E-state index is -0.945. The Morgan fingerprint density at radius 3 is 2.78 bits per heavy atom. The summed E-state index contributed by atoms with van der Waals surface area (Å²) in [5, 5.41) is 8.98. The number of carboxylic acids is 1. The molecule has 4 heteroatoms. The van der Waals surface area contributed by atoms with Gasteiger partial charge in [-0.2, -0.15) is 0 Å². The SMILES string of the molecule is COc1ccc(C(=O)O)cc1Cc1ccccn1. The molecule has 0 bridgehead atoms. The van der Waals surface area contributed by atoms with Crippen molar-refractivity contribution >= 4 is 5.97 Å². The van der Waals surface area contributed by atoms with E-state index in [0.717, 1.165) is 11.3 Å². The first-order valence-corrected chi connectivity index (χ1v) is 5.51. The summed E-state index contributed by atoms with van der Waals surface area (Å²) in [5.41, 5.74) is 1.94. The van der Waals surface area contributed by atoms with Crippen LogP contribution in [0.2, 0.25) is 0 Å². The summed E-state index contributed by atoms with van der Waals surface area (Å²) >= 11 is 0. The molecule has 1 aromatic carbocycles. The van der Waals surface area contributed by atoms with Crippen molar-refractivity contribution < 1.29 is 14.6 Å². The Kier molecular flexibility index (Phi) is 3.57. The topological polar surface area (TPSA) is 59.4 Å². The standard InChI is InChI=1S/C14H13NO3/c1-18-13-6-5-10(14(16)17)8-11(13)9-12-4-2-3-7-15-12/h2-8H,9H2,1H3,(H,16,17). The van der Waals surface area contributed by atoms with E-state index in [4.69, 9.17) is 9.84 Å². The molecule has 0 radical (unpaired) electrons. The number of pyridine rings is 1. The van der Waals surface area contributed by atoms with Crippen LogP contribution in [0, 0.1) is 0 Å². The van der Waals surface area contributed by atoms with E-state index in [1.165, 1.54) is 6.07 Å². The van der Waals surface area contributed by atoms with Crippen LogP contribution in [0.1, 0.15) is 21.6 Å². The van der Waals surface area contributed by atoms with Gasteiger partial charge >= 0.3 is 5.97 Å². The van der Waals surface area contributed by atoms with Crippen molar-refractivity contribution in [3.8, 4) is 5.75 Å². The molecule has 2 rings (SSSR count). The van der Waals surface area contributed by atoms with Crippen molar-refractivity contribution in [3.63, 3.8) is 0 Å². The zero-order valence-electron chi connectivity index (χ0n) is 9.96. The van der Waals surface area contributed by atoms with E-state index in [1.807, 2.05) is 18.2 Å². The molecule has 0 amide bonds. The van der Waals surface area contributed by atoms with E-state index < -0.39 is 5.97 Å². The molecule has 18 heavy (non-hydrogen) atoms.